The predicted molar refractivity (Wildman–Crippen MR) is 99.5 cm³/mol. The Labute approximate surface area is 162 Å². The van der Waals surface area contributed by atoms with Crippen molar-refractivity contribution in [2.75, 3.05) is 18.4 Å². The molecule has 9 heteroatoms. The van der Waals surface area contributed by atoms with Crippen LogP contribution in [0.3, 0.4) is 0 Å². The van der Waals surface area contributed by atoms with E-state index in [-0.39, 0.29) is 35.9 Å². The van der Waals surface area contributed by atoms with Crippen LogP contribution in [-0.4, -0.2) is 43.9 Å². The average Bonchev–Trinajstić information content (AvgIpc) is 2.63. The molecule has 1 saturated heterocycles. The normalized spacial score (nSPS) is 20.7. The van der Waals surface area contributed by atoms with E-state index in [2.05, 4.69) is 5.32 Å². The first-order valence-electron chi connectivity index (χ1n) is 8.69. The van der Waals surface area contributed by atoms with Crippen LogP contribution in [0, 0.1) is 11.6 Å². The SMILES string of the molecule is CC1CN(S(=O)(=O)c2ccc(NC(=O)c3cccc(F)c3F)cc2)CC(C)O1. The topological polar surface area (TPSA) is 75.7 Å². The average molecular weight is 410 g/mol. The molecule has 1 aliphatic rings. The zero-order valence-electron chi connectivity index (χ0n) is 15.4. The van der Waals surface area contributed by atoms with Crippen molar-refractivity contribution in [2.45, 2.75) is 31.0 Å². The summed E-state index contributed by atoms with van der Waals surface area (Å²) in [7, 11) is -3.71. The Bertz CT molecular complexity index is 970. The maximum Gasteiger partial charge on any atom is 0.258 e. The summed E-state index contributed by atoms with van der Waals surface area (Å²) >= 11 is 0. The number of morpholine rings is 1. The molecule has 2 aromatic rings. The Morgan fingerprint density at radius 1 is 1.07 bits per heavy atom. The van der Waals surface area contributed by atoms with E-state index in [0.29, 0.717) is 0 Å². The molecule has 28 heavy (non-hydrogen) atoms. The summed E-state index contributed by atoms with van der Waals surface area (Å²) in [4.78, 5) is 12.2. The second-order valence-corrected chi connectivity index (χ2v) is 8.60. The minimum atomic E-state index is -3.71. The number of carbonyl (C=O) groups is 1. The second kappa shape index (κ2) is 7.94. The minimum absolute atomic E-state index is 0.0729. The molecule has 2 unspecified atom stereocenters. The van der Waals surface area contributed by atoms with Gasteiger partial charge in [-0.05, 0) is 50.2 Å². The number of halogens is 2. The molecule has 1 amide bonds. The third-order valence-corrected chi connectivity index (χ3v) is 6.18. The zero-order valence-corrected chi connectivity index (χ0v) is 16.2. The van der Waals surface area contributed by atoms with Gasteiger partial charge in [0.2, 0.25) is 10.0 Å². The molecule has 1 heterocycles. The van der Waals surface area contributed by atoms with Gasteiger partial charge in [0.25, 0.3) is 5.91 Å². The Hall–Kier alpha value is -2.36. The van der Waals surface area contributed by atoms with Crippen molar-refractivity contribution in [2.24, 2.45) is 0 Å². The fourth-order valence-electron chi connectivity index (χ4n) is 3.06. The van der Waals surface area contributed by atoms with Gasteiger partial charge in [-0.15, -0.1) is 0 Å². The molecular formula is C19H20F2N2O4S. The number of anilines is 1. The number of nitrogens with one attached hydrogen (secondary N) is 1. The maximum atomic E-state index is 13.7. The summed E-state index contributed by atoms with van der Waals surface area (Å²) in [6.45, 7) is 4.12. The van der Waals surface area contributed by atoms with Crippen molar-refractivity contribution in [3.05, 3.63) is 59.7 Å². The standard InChI is InChI=1S/C19H20F2N2O4S/c1-12-10-23(11-13(2)27-12)28(25,26)15-8-6-14(7-9-15)22-19(24)16-4-3-5-17(20)18(16)21/h3-9,12-13H,10-11H2,1-2H3,(H,22,24). The van der Waals surface area contributed by atoms with Gasteiger partial charge >= 0.3 is 0 Å². The van der Waals surface area contributed by atoms with Crippen LogP contribution in [0.5, 0.6) is 0 Å². The second-order valence-electron chi connectivity index (χ2n) is 6.66. The number of rotatable bonds is 4. The number of nitrogens with zero attached hydrogens (tertiary/aromatic N) is 1. The van der Waals surface area contributed by atoms with Crippen LogP contribution in [0.2, 0.25) is 0 Å². The number of hydrogen-bond acceptors (Lipinski definition) is 4. The molecule has 0 aliphatic carbocycles. The third kappa shape index (κ3) is 4.21. The number of hydrogen-bond donors (Lipinski definition) is 1. The molecule has 6 nitrogen and oxygen atoms in total. The van der Waals surface area contributed by atoms with Gasteiger partial charge in [-0.1, -0.05) is 6.07 Å². The van der Waals surface area contributed by atoms with Gasteiger partial charge in [-0.25, -0.2) is 17.2 Å². The van der Waals surface area contributed by atoms with E-state index in [1.165, 1.54) is 34.6 Å². The van der Waals surface area contributed by atoms with Gasteiger partial charge in [-0.2, -0.15) is 4.31 Å². The molecule has 0 spiro atoms. The fraction of sp³-hybridized carbons (Fsp3) is 0.316. The van der Waals surface area contributed by atoms with Crippen LogP contribution in [0.15, 0.2) is 47.4 Å². The molecule has 0 bridgehead atoms. The molecule has 1 N–H and O–H groups in total. The predicted octanol–water partition coefficient (Wildman–Crippen LogP) is 3.02. The first-order chi connectivity index (χ1) is 13.2. The first-order valence-corrected chi connectivity index (χ1v) is 10.1. The van der Waals surface area contributed by atoms with Crippen LogP contribution < -0.4 is 5.32 Å². The molecule has 3 rings (SSSR count). The van der Waals surface area contributed by atoms with Crippen molar-refractivity contribution in [3.63, 3.8) is 0 Å². The number of benzene rings is 2. The van der Waals surface area contributed by atoms with Crippen LogP contribution in [0.1, 0.15) is 24.2 Å². The highest BCUT2D eigenvalue weighted by molar-refractivity contribution is 7.89. The van der Waals surface area contributed by atoms with E-state index < -0.39 is 33.1 Å². The lowest BCUT2D eigenvalue weighted by Crippen LogP contribution is -2.48. The van der Waals surface area contributed by atoms with Crippen LogP contribution in [-0.2, 0) is 14.8 Å². The summed E-state index contributed by atoms with van der Waals surface area (Å²) < 4.78 is 59.5. The number of sulfonamides is 1. The monoisotopic (exact) mass is 410 g/mol. The maximum absolute atomic E-state index is 13.7. The van der Waals surface area contributed by atoms with Gasteiger partial charge in [-0.3, -0.25) is 4.79 Å². The van der Waals surface area contributed by atoms with Gasteiger partial charge < -0.3 is 10.1 Å². The largest absolute Gasteiger partial charge is 0.373 e. The lowest BCUT2D eigenvalue weighted by Gasteiger charge is -2.34. The molecule has 0 radical (unpaired) electrons. The Kier molecular flexibility index (Phi) is 5.78. The molecule has 0 saturated carbocycles. The highest BCUT2D eigenvalue weighted by atomic mass is 32.2. The van der Waals surface area contributed by atoms with Crippen molar-refractivity contribution in [1.82, 2.24) is 4.31 Å². The van der Waals surface area contributed by atoms with Crippen LogP contribution >= 0.6 is 0 Å². The number of carbonyl (C=O) groups excluding carboxylic acids is 1. The Balaban J connectivity index is 1.76. The first kappa shape index (κ1) is 20.4. The summed E-state index contributed by atoms with van der Waals surface area (Å²) in [6, 6.07) is 8.82. The van der Waals surface area contributed by atoms with E-state index in [1.807, 2.05) is 13.8 Å². The van der Waals surface area contributed by atoms with Gasteiger partial charge in [0, 0.05) is 18.8 Å². The molecule has 1 fully saturated rings. The molecular weight excluding hydrogens is 390 g/mol. The van der Waals surface area contributed by atoms with E-state index in [4.69, 9.17) is 4.74 Å². The summed E-state index contributed by atoms with van der Waals surface area (Å²) in [6.07, 6.45) is -0.420. The van der Waals surface area contributed by atoms with Crippen molar-refractivity contribution in [1.29, 1.82) is 0 Å². The highest BCUT2D eigenvalue weighted by Gasteiger charge is 2.32. The fourth-order valence-corrected chi connectivity index (χ4v) is 4.65. The summed E-state index contributed by atoms with van der Waals surface area (Å²) in [5, 5.41) is 2.42. The van der Waals surface area contributed by atoms with Gasteiger partial charge in [0.15, 0.2) is 11.6 Å². The van der Waals surface area contributed by atoms with E-state index >= 15 is 0 Å². The summed E-state index contributed by atoms with van der Waals surface area (Å²) in [5.74, 6) is -3.19. The molecule has 1 aliphatic heterocycles. The van der Waals surface area contributed by atoms with Crippen LogP contribution in [0.4, 0.5) is 14.5 Å². The molecule has 150 valence electrons. The van der Waals surface area contributed by atoms with E-state index in [9.17, 15) is 22.0 Å². The Morgan fingerprint density at radius 2 is 1.68 bits per heavy atom. The van der Waals surface area contributed by atoms with Crippen molar-refractivity contribution in [3.8, 4) is 0 Å². The van der Waals surface area contributed by atoms with E-state index in [0.717, 1.165) is 12.1 Å². The molecule has 0 aromatic heterocycles. The lowest BCUT2D eigenvalue weighted by molar-refractivity contribution is -0.0440. The van der Waals surface area contributed by atoms with Crippen molar-refractivity contribution < 1.29 is 26.7 Å². The van der Waals surface area contributed by atoms with Gasteiger partial charge in [0.05, 0.1) is 22.7 Å². The summed E-state index contributed by atoms with van der Waals surface area (Å²) in [5.41, 5.74) is -0.177. The smallest absolute Gasteiger partial charge is 0.258 e. The lowest BCUT2D eigenvalue weighted by atomic mass is 10.2. The quantitative estimate of drug-likeness (QED) is 0.841. The van der Waals surface area contributed by atoms with E-state index in [1.54, 1.807) is 0 Å². The van der Waals surface area contributed by atoms with Crippen LogP contribution in [0.25, 0.3) is 0 Å². The zero-order chi connectivity index (χ0) is 20.5. The molecule has 2 aromatic carbocycles. The molecule has 2 atom stereocenters. The Morgan fingerprint density at radius 3 is 2.29 bits per heavy atom. The van der Waals surface area contributed by atoms with Crippen molar-refractivity contribution >= 4 is 21.6 Å². The third-order valence-electron chi connectivity index (χ3n) is 4.33. The minimum Gasteiger partial charge on any atom is -0.373 e. The number of ether oxygens (including phenoxy) is 1. The van der Waals surface area contributed by atoms with Gasteiger partial charge in [0.1, 0.15) is 0 Å². The number of amides is 1. The highest BCUT2D eigenvalue weighted by Crippen LogP contribution is 2.23.